The first-order valence-electron chi connectivity index (χ1n) is 7.08. The van der Waals surface area contributed by atoms with Crippen molar-refractivity contribution >= 4 is 39.3 Å². The first-order chi connectivity index (χ1) is 9.58. The average molecular weight is 357 g/mol. The van der Waals surface area contributed by atoms with Gasteiger partial charge in [0.15, 0.2) is 0 Å². The van der Waals surface area contributed by atoms with Crippen LogP contribution in [-0.2, 0) is 4.79 Å². The van der Waals surface area contributed by atoms with E-state index >= 15 is 0 Å². The number of nitrogens with two attached hydrogens (primary N) is 1. The lowest BCUT2D eigenvalue weighted by atomic mass is 10.2. The van der Waals surface area contributed by atoms with Gasteiger partial charge in [-0.2, -0.15) is 0 Å². The second kappa shape index (κ2) is 7.36. The van der Waals surface area contributed by atoms with Crippen LogP contribution in [0.15, 0.2) is 27.6 Å². The fraction of sp³-hybridized carbons (Fsp3) is 0.533. The predicted octanol–water partition coefficient (Wildman–Crippen LogP) is 3.91. The third-order valence-corrected chi connectivity index (χ3v) is 5.22. The van der Waals surface area contributed by atoms with Crippen LogP contribution in [-0.4, -0.2) is 29.1 Å². The Hall–Kier alpha value is -0.680. The molecule has 1 atom stereocenters. The van der Waals surface area contributed by atoms with Crippen molar-refractivity contribution in [2.24, 2.45) is 0 Å². The first kappa shape index (κ1) is 15.7. The highest BCUT2D eigenvalue weighted by atomic mass is 79.9. The highest BCUT2D eigenvalue weighted by molar-refractivity contribution is 9.10. The molecule has 1 fully saturated rings. The molecule has 0 spiro atoms. The topological polar surface area (TPSA) is 46.3 Å². The molecule has 0 bridgehead atoms. The molecule has 2 N–H and O–H groups in total. The Morgan fingerprint density at radius 1 is 1.30 bits per heavy atom. The van der Waals surface area contributed by atoms with Crippen molar-refractivity contribution in [3.05, 3.63) is 22.7 Å². The van der Waals surface area contributed by atoms with E-state index < -0.39 is 0 Å². The lowest BCUT2D eigenvalue weighted by Crippen LogP contribution is -2.37. The molecule has 3 nitrogen and oxygen atoms in total. The number of likely N-dealkylation sites (tertiary alicyclic amines) is 1. The molecule has 1 heterocycles. The summed E-state index contributed by atoms with van der Waals surface area (Å²) in [6.07, 6.45) is 4.74. The summed E-state index contributed by atoms with van der Waals surface area (Å²) in [4.78, 5) is 15.5. The van der Waals surface area contributed by atoms with Crippen LogP contribution in [0.3, 0.4) is 0 Å². The van der Waals surface area contributed by atoms with Crippen LogP contribution >= 0.6 is 27.7 Å². The summed E-state index contributed by atoms with van der Waals surface area (Å²) >= 11 is 4.95. The van der Waals surface area contributed by atoms with Crippen molar-refractivity contribution in [2.45, 2.75) is 42.8 Å². The first-order valence-corrected chi connectivity index (χ1v) is 8.75. The van der Waals surface area contributed by atoms with Gasteiger partial charge < -0.3 is 10.6 Å². The summed E-state index contributed by atoms with van der Waals surface area (Å²) in [6.45, 7) is 3.78. The van der Waals surface area contributed by atoms with Crippen LogP contribution in [0.5, 0.6) is 0 Å². The molecule has 1 aliphatic heterocycles. The van der Waals surface area contributed by atoms with Crippen LogP contribution in [0.1, 0.15) is 32.6 Å². The van der Waals surface area contributed by atoms with E-state index in [1.54, 1.807) is 11.8 Å². The summed E-state index contributed by atoms with van der Waals surface area (Å²) in [5.74, 6) is 0.235. The van der Waals surface area contributed by atoms with Crippen molar-refractivity contribution in [3.63, 3.8) is 0 Å². The highest BCUT2D eigenvalue weighted by Gasteiger charge is 2.22. The number of amides is 1. The summed E-state index contributed by atoms with van der Waals surface area (Å²) < 4.78 is 0.964. The molecule has 110 valence electrons. The molecule has 1 saturated heterocycles. The molecule has 1 aromatic carbocycles. The quantitative estimate of drug-likeness (QED) is 0.659. The van der Waals surface area contributed by atoms with Crippen LogP contribution in [0.2, 0.25) is 0 Å². The lowest BCUT2D eigenvalue weighted by Gasteiger charge is -2.24. The number of carbonyl (C=O) groups is 1. The van der Waals surface area contributed by atoms with Gasteiger partial charge in [-0.1, -0.05) is 28.8 Å². The van der Waals surface area contributed by atoms with Crippen LogP contribution in [0.4, 0.5) is 5.69 Å². The van der Waals surface area contributed by atoms with Gasteiger partial charge in [-0.15, -0.1) is 11.8 Å². The Morgan fingerprint density at radius 3 is 2.55 bits per heavy atom. The number of anilines is 1. The van der Waals surface area contributed by atoms with Crippen molar-refractivity contribution < 1.29 is 4.79 Å². The summed E-state index contributed by atoms with van der Waals surface area (Å²) in [6, 6.07) is 5.81. The van der Waals surface area contributed by atoms with Gasteiger partial charge in [0.05, 0.1) is 5.25 Å². The number of hydrogen-bond donors (Lipinski definition) is 1. The largest absolute Gasteiger partial charge is 0.398 e. The zero-order valence-electron chi connectivity index (χ0n) is 11.8. The molecule has 2 rings (SSSR count). The molecule has 20 heavy (non-hydrogen) atoms. The molecule has 1 unspecified atom stereocenters. The molecule has 5 heteroatoms. The zero-order chi connectivity index (χ0) is 14.5. The molecular weight excluding hydrogens is 336 g/mol. The van der Waals surface area contributed by atoms with E-state index in [4.69, 9.17) is 5.73 Å². The van der Waals surface area contributed by atoms with E-state index in [9.17, 15) is 4.79 Å². The Morgan fingerprint density at radius 2 is 1.95 bits per heavy atom. The lowest BCUT2D eigenvalue weighted by molar-refractivity contribution is -0.130. The average Bonchev–Trinajstić information content (AvgIpc) is 2.70. The van der Waals surface area contributed by atoms with Gasteiger partial charge >= 0.3 is 0 Å². The Balaban J connectivity index is 1.99. The third kappa shape index (κ3) is 4.16. The number of halogens is 1. The van der Waals surface area contributed by atoms with Crippen LogP contribution in [0.25, 0.3) is 0 Å². The smallest absolute Gasteiger partial charge is 0.235 e. The molecular formula is C15H21BrN2OS. The number of nitrogen functional groups attached to an aromatic ring is 1. The van der Waals surface area contributed by atoms with Gasteiger partial charge in [0.2, 0.25) is 5.91 Å². The molecule has 0 saturated carbocycles. The number of benzene rings is 1. The van der Waals surface area contributed by atoms with Gasteiger partial charge in [0, 0.05) is 28.1 Å². The minimum Gasteiger partial charge on any atom is -0.398 e. The minimum atomic E-state index is -0.0865. The number of hydrogen-bond acceptors (Lipinski definition) is 3. The predicted molar refractivity (Wildman–Crippen MR) is 88.9 cm³/mol. The van der Waals surface area contributed by atoms with Gasteiger partial charge in [-0.25, -0.2) is 0 Å². The standard InChI is InChI=1S/C15H21BrN2OS/c1-11(15(19)18-8-4-2-3-5-9-18)20-14-7-6-12(16)10-13(14)17/h6-7,10-11H,2-5,8-9,17H2,1H3. The van der Waals surface area contributed by atoms with Gasteiger partial charge in [-0.3, -0.25) is 4.79 Å². The minimum absolute atomic E-state index is 0.0865. The van der Waals surface area contributed by atoms with E-state index in [0.29, 0.717) is 0 Å². The molecule has 0 radical (unpaired) electrons. The summed E-state index contributed by atoms with van der Waals surface area (Å²) in [5, 5.41) is -0.0865. The molecule has 0 aliphatic carbocycles. The number of rotatable bonds is 3. The Kier molecular flexibility index (Phi) is 5.78. The SMILES string of the molecule is CC(Sc1ccc(Br)cc1N)C(=O)N1CCCCCC1. The second-order valence-electron chi connectivity index (χ2n) is 5.18. The summed E-state index contributed by atoms with van der Waals surface area (Å²) in [7, 11) is 0. The highest BCUT2D eigenvalue weighted by Crippen LogP contribution is 2.31. The van der Waals surface area contributed by atoms with Gasteiger partial charge in [0.1, 0.15) is 0 Å². The molecule has 1 aliphatic rings. The van der Waals surface area contributed by atoms with E-state index in [0.717, 1.165) is 41.0 Å². The zero-order valence-corrected chi connectivity index (χ0v) is 14.2. The molecule has 0 aromatic heterocycles. The van der Waals surface area contributed by atoms with E-state index in [1.807, 2.05) is 30.0 Å². The van der Waals surface area contributed by atoms with Crippen molar-refractivity contribution in [2.75, 3.05) is 18.8 Å². The van der Waals surface area contributed by atoms with Gasteiger partial charge in [-0.05, 0) is 38.0 Å². The summed E-state index contributed by atoms with van der Waals surface area (Å²) in [5.41, 5.74) is 6.72. The van der Waals surface area contributed by atoms with E-state index in [2.05, 4.69) is 15.9 Å². The van der Waals surface area contributed by atoms with E-state index in [1.165, 1.54) is 12.8 Å². The maximum absolute atomic E-state index is 12.5. The normalized spacial score (nSPS) is 17.6. The maximum atomic E-state index is 12.5. The van der Waals surface area contributed by atoms with Gasteiger partial charge in [0.25, 0.3) is 0 Å². The van der Waals surface area contributed by atoms with Crippen molar-refractivity contribution in [1.82, 2.24) is 4.90 Å². The fourth-order valence-corrected chi connectivity index (χ4v) is 3.77. The molecule has 1 aromatic rings. The van der Waals surface area contributed by atoms with Crippen molar-refractivity contribution in [3.8, 4) is 0 Å². The van der Waals surface area contributed by atoms with Crippen LogP contribution < -0.4 is 5.73 Å². The molecule has 1 amide bonds. The monoisotopic (exact) mass is 356 g/mol. The second-order valence-corrected chi connectivity index (χ2v) is 7.48. The van der Waals surface area contributed by atoms with Crippen molar-refractivity contribution in [1.29, 1.82) is 0 Å². The number of nitrogens with zero attached hydrogens (tertiary/aromatic N) is 1. The third-order valence-electron chi connectivity index (χ3n) is 3.54. The number of carbonyl (C=O) groups excluding carboxylic acids is 1. The number of thioether (sulfide) groups is 1. The Labute approximate surface area is 133 Å². The van der Waals surface area contributed by atoms with Crippen LogP contribution in [0, 0.1) is 0 Å². The van der Waals surface area contributed by atoms with E-state index in [-0.39, 0.29) is 11.2 Å². The Bertz CT molecular complexity index is 473. The maximum Gasteiger partial charge on any atom is 0.235 e. The fourth-order valence-electron chi connectivity index (χ4n) is 2.42.